The monoisotopic (exact) mass is 375 g/mol. The molecule has 0 atom stereocenters. The highest BCUT2D eigenvalue weighted by molar-refractivity contribution is 7.89. The third-order valence-electron chi connectivity index (χ3n) is 3.67. The molecule has 0 aliphatic heterocycles. The van der Waals surface area contributed by atoms with Gasteiger partial charge in [-0.1, -0.05) is 18.2 Å². The fraction of sp³-hybridized carbons (Fsp3) is 0.333. The third-order valence-corrected chi connectivity index (χ3v) is 4.60. The number of benzene rings is 1. The zero-order valence-corrected chi connectivity index (χ0v) is 15.7. The molecule has 140 valence electrons. The van der Waals surface area contributed by atoms with E-state index in [1.54, 1.807) is 18.3 Å². The van der Waals surface area contributed by atoms with Crippen LogP contribution in [0.4, 0.5) is 0 Å². The van der Waals surface area contributed by atoms with Crippen LogP contribution in [0.25, 0.3) is 0 Å². The second kappa shape index (κ2) is 9.88. The average Bonchev–Trinajstić information content (AvgIpc) is 2.62. The van der Waals surface area contributed by atoms with Crippen LogP contribution in [0.5, 0.6) is 0 Å². The summed E-state index contributed by atoms with van der Waals surface area (Å²) in [6.07, 6.45) is 3.31. The van der Waals surface area contributed by atoms with E-state index in [1.165, 1.54) is 12.1 Å². The number of pyridine rings is 1. The molecular formula is C18H25N5O2S. The molecule has 0 saturated carbocycles. The molecule has 0 radical (unpaired) electrons. The molecule has 2 rings (SSSR count). The van der Waals surface area contributed by atoms with Gasteiger partial charge >= 0.3 is 0 Å². The molecule has 1 heterocycles. The Labute approximate surface area is 154 Å². The van der Waals surface area contributed by atoms with Crippen molar-refractivity contribution in [2.75, 3.05) is 19.6 Å². The van der Waals surface area contributed by atoms with E-state index in [0.717, 1.165) is 36.6 Å². The molecule has 0 spiro atoms. The van der Waals surface area contributed by atoms with E-state index in [0.29, 0.717) is 13.1 Å². The molecule has 7 nitrogen and oxygen atoms in total. The maximum atomic E-state index is 11.3. The number of hydrogen-bond acceptors (Lipinski definition) is 4. The fourth-order valence-electron chi connectivity index (χ4n) is 2.34. The number of nitrogens with two attached hydrogens (primary N) is 1. The second-order valence-electron chi connectivity index (χ2n) is 5.70. The van der Waals surface area contributed by atoms with Crippen molar-refractivity contribution in [3.05, 3.63) is 59.9 Å². The van der Waals surface area contributed by atoms with Crippen LogP contribution in [0.15, 0.2) is 58.5 Å². The largest absolute Gasteiger partial charge is 0.357 e. The summed E-state index contributed by atoms with van der Waals surface area (Å²) < 4.78 is 22.5. The molecule has 4 N–H and O–H groups in total. The molecule has 0 fully saturated rings. The standard InChI is InChI=1S/C18H25N5O2S/c1-2-20-18(23-14-11-16-5-3-4-12-21-16)22-13-10-15-6-8-17(9-7-15)26(19,24)25/h3-9,12H,2,10-11,13-14H2,1H3,(H2,19,24,25)(H2,20,22,23). The van der Waals surface area contributed by atoms with E-state index < -0.39 is 10.0 Å². The van der Waals surface area contributed by atoms with Gasteiger partial charge in [-0.3, -0.25) is 9.98 Å². The van der Waals surface area contributed by atoms with Gasteiger partial charge in [0.2, 0.25) is 10.0 Å². The molecule has 1 aromatic heterocycles. The highest BCUT2D eigenvalue weighted by Gasteiger charge is 2.06. The van der Waals surface area contributed by atoms with Crippen LogP contribution in [0.3, 0.4) is 0 Å². The van der Waals surface area contributed by atoms with Crippen molar-refractivity contribution in [2.24, 2.45) is 10.1 Å². The normalized spacial score (nSPS) is 12.0. The molecule has 0 bridgehead atoms. The van der Waals surface area contributed by atoms with Crippen molar-refractivity contribution in [3.63, 3.8) is 0 Å². The lowest BCUT2D eigenvalue weighted by Crippen LogP contribution is -2.38. The van der Waals surface area contributed by atoms with E-state index in [1.807, 2.05) is 25.1 Å². The van der Waals surface area contributed by atoms with Crippen LogP contribution in [0.1, 0.15) is 18.2 Å². The van der Waals surface area contributed by atoms with Crippen LogP contribution in [0.2, 0.25) is 0 Å². The summed E-state index contributed by atoms with van der Waals surface area (Å²) >= 11 is 0. The number of aromatic nitrogens is 1. The molecule has 1 aromatic carbocycles. The average molecular weight is 375 g/mol. The number of aliphatic imine (C=N–C) groups is 1. The molecule has 0 aliphatic rings. The first-order valence-corrected chi connectivity index (χ1v) is 10.1. The molecule has 8 heteroatoms. The van der Waals surface area contributed by atoms with Gasteiger partial charge in [-0.05, 0) is 43.2 Å². The lowest BCUT2D eigenvalue weighted by atomic mass is 10.1. The number of primary sulfonamides is 1. The predicted molar refractivity (Wildman–Crippen MR) is 103 cm³/mol. The van der Waals surface area contributed by atoms with Crippen LogP contribution in [-0.4, -0.2) is 39.0 Å². The minimum atomic E-state index is -3.64. The van der Waals surface area contributed by atoms with Gasteiger partial charge in [0, 0.05) is 37.9 Å². The molecule has 0 unspecified atom stereocenters. The maximum Gasteiger partial charge on any atom is 0.238 e. The van der Waals surface area contributed by atoms with Gasteiger partial charge in [-0.15, -0.1) is 0 Å². The Morgan fingerprint density at radius 3 is 2.50 bits per heavy atom. The Hall–Kier alpha value is -2.45. The number of guanidine groups is 1. The minimum Gasteiger partial charge on any atom is -0.357 e. The summed E-state index contributed by atoms with van der Waals surface area (Å²) in [6.45, 7) is 4.12. The molecule has 0 saturated heterocycles. The topological polar surface area (TPSA) is 109 Å². The predicted octanol–water partition coefficient (Wildman–Crippen LogP) is 1.07. The summed E-state index contributed by atoms with van der Waals surface area (Å²) in [6, 6.07) is 12.4. The zero-order chi connectivity index (χ0) is 18.8. The fourth-order valence-corrected chi connectivity index (χ4v) is 2.86. The second-order valence-corrected chi connectivity index (χ2v) is 7.26. The minimum absolute atomic E-state index is 0.124. The molecule has 26 heavy (non-hydrogen) atoms. The highest BCUT2D eigenvalue weighted by atomic mass is 32.2. The number of nitrogens with zero attached hydrogens (tertiary/aromatic N) is 2. The van der Waals surface area contributed by atoms with Crippen molar-refractivity contribution >= 4 is 16.0 Å². The number of nitrogens with one attached hydrogen (secondary N) is 2. The Morgan fingerprint density at radius 2 is 1.88 bits per heavy atom. The lowest BCUT2D eigenvalue weighted by Gasteiger charge is -2.11. The van der Waals surface area contributed by atoms with Crippen molar-refractivity contribution in [2.45, 2.75) is 24.7 Å². The first kappa shape index (κ1) is 19.9. The first-order chi connectivity index (χ1) is 12.5. The third kappa shape index (κ3) is 6.81. The van der Waals surface area contributed by atoms with Crippen molar-refractivity contribution in [3.8, 4) is 0 Å². The van der Waals surface area contributed by atoms with E-state index in [2.05, 4.69) is 20.6 Å². The molecule has 2 aromatic rings. The van der Waals surface area contributed by atoms with Crippen molar-refractivity contribution in [1.82, 2.24) is 15.6 Å². The van der Waals surface area contributed by atoms with Gasteiger partial charge in [0.25, 0.3) is 0 Å². The quantitative estimate of drug-likeness (QED) is 0.472. The number of hydrogen-bond donors (Lipinski definition) is 3. The Balaban J connectivity index is 1.83. The van der Waals surface area contributed by atoms with Crippen molar-refractivity contribution < 1.29 is 8.42 Å². The maximum absolute atomic E-state index is 11.3. The van der Waals surface area contributed by atoms with Crippen LogP contribution < -0.4 is 15.8 Å². The highest BCUT2D eigenvalue weighted by Crippen LogP contribution is 2.08. The smallest absolute Gasteiger partial charge is 0.238 e. The van der Waals surface area contributed by atoms with Gasteiger partial charge in [-0.25, -0.2) is 13.6 Å². The van der Waals surface area contributed by atoms with Gasteiger partial charge in [-0.2, -0.15) is 0 Å². The number of sulfonamides is 1. The van der Waals surface area contributed by atoms with E-state index in [9.17, 15) is 8.42 Å². The van der Waals surface area contributed by atoms with Crippen LogP contribution >= 0.6 is 0 Å². The molecule has 0 aliphatic carbocycles. The summed E-state index contributed by atoms with van der Waals surface area (Å²) in [5.74, 6) is 0.754. The Bertz CT molecular complexity index is 805. The first-order valence-electron chi connectivity index (χ1n) is 8.53. The Kier molecular flexibility index (Phi) is 7.55. The summed E-state index contributed by atoms with van der Waals surface area (Å²) in [5, 5.41) is 11.6. The van der Waals surface area contributed by atoms with Gasteiger partial charge in [0.1, 0.15) is 0 Å². The summed E-state index contributed by atoms with van der Waals surface area (Å²) in [7, 11) is -3.64. The Morgan fingerprint density at radius 1 is 1.12 bits per heavy atom. The number of rotatable bonds is 8. The van der Waals surface area contributed by atoms with Gasteiger partial charge in [0.05, 0.1) is 4.90 Å². The summed E-state index contributed by atoms with van der Waals surface area (Å²) in [5.41, 5.74) is 2.04. The van der Waals surface area contributed by atoms with Crippen LogP contribution in [0, 0.1) is 0 Å². The van der Waals surface area contributed by atoms with Crippen molar-refractivity contribution in [1.29, 1.82) is 0 Å². The van der Waals surface area contributed by atoms with E-state index in [4.69, 9.17) is 5.14 Å². The molecular weight excluding hydrogens is 350 g/mol. The van der Waals surface area contributed by atoms with Gasteiger partial charge in [0.15, 0.2) is 5.96 Å². The SMILES string of the molecule is CCNC(=NCCc1ccccn1)NCCc1ccc(S(N)(=O)=O)cc1. The van der Waals surface area contributed by atoms with E-state index >= 15 is 0 Å². The molecule has 0 amide bonds. The summed E-state index contributed by atoms with van der Waals surface area (Å²) in [4.78, 5) is 8.95. The van der Waals surface area contributed by atoms with Gasteiger partial charge < -0.3 is 10.6 Å². The van der Waals surface area contributed by atoms with E-state index in [-0.39, 0.29) is 4.90 Å². The van der Waals surface area contributed by atoms with Crippen LogP contribution in [-0.2, 0) is 22.9 Å². The lowest BCUT2D eigenvalue weighted by molar-refractivity contribution is 0.598. The zero-order valence-electron chi connectivity index (χ0n) is 14.9.